The number of nitrogens with zero attached hydrogens (tertiary/aromatic N) is 4. The van der Waals surface area contributed by atoms with Gasteiger partial charge in [-0.3, -0.25) is 9.78 Å². The maximum atomic E-state index is 12.3. The molecule has 3 rings (SSSR count). The maximum Gasteiger partial charge on any atom is 0.255 e. The molecule has 0 bridgehead atoms. The van der Waals surface area contributed by atoms with Crippen molar-refractivity contribution in [2.75, 3.05) is 13.1 Å². The van der Waals surface area contributed by atoms with Gasteiger partial charge in [0.2, 0.25) is 5.88 Å². The smallest absolute Gasteiger partial charge is 0.255 e. The van der Waals surface area contributed by atoms with E-state index in [1.807, 2.05) is 0 Å². The number of carbonyl (C=O) groups excluding carboxylic acids is 1. The number of carbonyl (C=O) groups is 1. The fourth-order valence-corrected chi connectivity index (χ4v) is 2.82. The van der Waals surface area contributed by atoms with Crippen molar-refractivity contribution in [3.8, 4) is 5.88 Å². The summed E-state index contributed by atoms with van der Waals surface area (Å²) in [5, 5.41) is 0. The first-order valence-electron chi connectivity index (χ1n) is 6.06. The lowest BCUT2D eigenvalue weighted by atomic mass is 10.2. The predicted molar refractivity (Wildman–Crippen MR) is 76.8 cm³/mol. The van der Waals surface area contributed by atoms with Crippen molar-refractivity contribution < 1.29 is 9.53 Å². The Balaban J connectivity index is 1.63. The van der Waals surface area contributed by atoms with Crippen LogP contribution >= 0.6 is 27.7 Å². The summed E-state index contributed by atoms with van der Waals surface area (Å²) in [5.74, 6) is 0.500. The normalized spacial score (nSPS) is 18.2. The van der Waals surface area contributed by atoms with Crippen LogP contribution in [0, 0.1) is 0 Å². The van der Waals surface area contributed by atoms with Crippen molar-refractivity contribution >= 4 is 33.6 Å². The molecular formula is C12H11BrN4O2S. The molecule has 2 aromatic rings. The highest BCUT2D eigenvalue weighted by atomic mass is 79.9. The number of hydrogen-bond donors (Lipinski definition) is 0. The van der Waals surface area contributed by atoms with Crippen LogP contribution in [0.1, 0.15) is 16.8 Å². The van der Waals surface area contributed by atoms with Crippen molar-refractivity contribution in [2.45, 2.75) is 12.5 Å². The van der Waals surface area contributed by atoms with Gasteiger partial charge in [0.1, 0.15) is 12.3 Å². The molecule has 8 heteroatoms. The molecule has 1 fully saturated rings. The predicted octanol–water partition coefficient (Wildman–Crippen LogP) is 1.99. The third-order valence-electron chi connectivity index (χ3n) is 3.01. The van der Waals surface area contributed by atoms with E-state index >= 15 is 0 Å². The number of hydrogen-bond acceptors (Lipinski definition) is 6. The molecule has 1 aliphatic rings. The van der Waals surface area contributed by atoms with Gasteiger partial charge in [-0.2, -0.15) is 4.37 Å². The van der Waals surface area contributed by atoms with Gasteiger partial charge in [-0.05, 0) is 22.0 Å². The second-order valence-corrected chi connectivity index (χ2v) is 5.89. The maximum absolute atomic E-state index is 12.3. The van der Waals surface area contributed by atoms with Crippen LogP contribution in [-0.2, 0) is 0 Å². The number of aromatic nitrogens is 3. The molecule has 0 aliphatic carbocycles. The molecule has 0 N–H and O–H groups in total. The third kappa shape index (κ3) is 2.96. The summed E-state index contributed by atoms with van der Waals surface area (Å²) in [6, 6.07) is 1.77. The van der Waals surface area contributed by atoms with Crippen LogP contribution in [0.15, 0.2) is 29.1 Å². The summed E-state index contributed by atoms with van der Waals surface area (Å²) < 4.78 is 14.4. The van der Waals surface area contributed by atoms with Gasteiger partial charge in [0.05, 0.1) is 23.8 Å². The van der Waals surface area contributed by atoms with Crippen molar-refractivity contribution in [3.05, 3.63) is 34.7 Å². The van der Waals surface area contributed by atoms with Gasteiger partial charge in [-0.15, -0.1) is 4.37 Å². The highest BCUT2D eigenvalue weighted by molar-refractivity contribution is 9.10. The number of ether oxygens (including phenoxy) is 1. The monoisotopic (exact) mass is 354 g/mol. The van der Waals surface area contributed by atoms with E-state index in [0.29, 0.717) is 24.5 Å². The zero-order valence-corrected chi connectivity index (χ0v) is 12.8. The first kappa shape index (κ1) is 13.4. The zero-order valence-electron chi connectivity index (χ0n) is 10.4. The van der Waals surface area contributed by atoms with Gasteiger partial charge >= 0.3 is 0 Å². The first-order valence-corrected chi connectivity index (χ1v) is 7.59. The van der Waals surface area contributed by atoms with Crippen molar-refractivity contribution in [1.82, 2.24) is 18.6 Å². The van der Waals surface area contributed by atoms with Crippen LogP contribution in [0.2, 0.25) is 0 Å². The Kier molecular flexibility index (Phi) is 3.93. The minimum atomic E-state index is -0.0266. The molecule has 0 spiro atoms. The van der Waals surface area contributed by atoms with Gasteiger partial charge in [-0.25, -0.2) is 0 Å². The van der Waals surface area contributed by atoms with Crippen LogP contribution in [0.25, 0.3) is 0 Å². The van der Waals surface area contributed by atoms with E-state index in [4.69, 9.17) is 4.74 Å². The quantitative estimate of drug-likeness (QED) is 0.842. The lowest BCUT2D eigenvalue weighted by Gasteiger charge is -2.16. The van der Waals surface area contributed by atoms with E-state index in [1.54, 1.807) is 29.6 Å². The van der Waals surface area contributed by atoms with E-state index < -0.39 is 0 Å². The Hall–Kier alpha value is -1.54. The Labute approximate surface area is 128 Å². The summed E-state index contributed by atoms with van der Waals surface area (Å²) in [6.45, 7) is 1.23. The first-order chi connectivity index (χ1) is 9.72. The molecule has 1 atom stereocenters. The molecule has 104 valence electrons. The molecule has 3 heterocycles. The van der Waals surface area contributed by atoms with Crippen molar-refractivity contribution in [1.29, 1.82) is 0 Å². The fourth-order valence-electron chi connectivity index (χ4n) is 2.10. The summed E-state index contributed by atoms with van der Waals surface area (Å²) in [4.78, 5) is 18.1. The summed E-state index contributed by atoms with van der Waals surface area (Å²) in [5.41, 5.74) is 0.579. The third-order valence-corrected chi connectivity index (χ3v) is 3.91. The summed E-state index contributed by atoms with van der Waals surface area (Å²) >= 11 is 4.43. The van der Waals surface area contributed by atoms with Crippen LogP contribution in [0.3, 0.4) is 0 Å². The molecule has 1 amide bonds. The Bertz CT molecular complexity index is 607. The zero-order chi connectivity index (χ0) is 13.9. The van der Waals surface area contributed by atoms with Crippen molar-refractivity contribution in [3.63, 3.8) is 0 Å². The van der Waals surface area contributed by atoms with Crippen LogP contribution < -0.4 is 4.74 Å². The molecule has 0 radical (unpaired) electrons. The number of pyridine rings is 1. The largest absolute Gasteiger partial charge is 0.471 e. The highest BCUT2D eigenvalue weighted by Gasteiger charge is 2.28. The van der Waals surface area contributed by atoms with Gasteiger partial charge in [0.15, 0.2) is 0 Å². The van der Waals surface area contributed by atoms with Gasteiger partial charge < -0.3 is 9.64 Å². The summed E-state index contributed by atoms with van der Waals surface area (Å²) in [7, 11) is 0. The Morgan fingerprint density at radius 1 is 1.45 bits per heavy atom. The van der Waals surface area contributed by atoms with Crippen LogP contribution in [0.4, 0.5) is 0 Å². The molecule has 20 heavy (non-hydrogen) atoms. The molecule has 0 aromatic carbocycles. The Morgan fingerprint density at radius 3 is 3.10 bits per heavy atom. The molecule has 1 unspecified atom stereocenters. The van der Waals surface area contributed by atoms with Crippen LogP contribution in [-0.4, -0.2) is 43.7 Å². The van der Waals surface area contributed by atoms with Gasteiger partial charge in [0.25, 0.3) is 5.91 Å². The SMILES string of the molecule is O=C(c1cncc(Br)c1)N1CCC(Oc2cnsn2)C1. The number of likely N-dealkylation sites (tertiary alicyclic amines) is 1. The van der Waals surface area contributed by atoms with Gasteiger partial charge in [-0.1, -0.05) is 0 Å². The highest BCUT2D eigenvalue weighted by Crippen LogP contribution is 2.19. The van der Waals surface area contributed by atoms with E-state index in [2.05, 4.69) is 29.7 Å². The number of amides is 1. The molecule has 6 nitrogen and oxygen atoms in total. The Morgan fingerprint density at radius 2 is 2.35 bits per heavy atom. The lowest BCUT2D eigenvalue weighted by Crippen LogP contribution is -2.31. The second-order valence-electron chi connectivity index (χ2n) is 4.42. The van der Waals surface area contributed by atoms with E-state index in [0.717, 1.165) is 22.6 Å². The molecule has 1 saturated heterocycles. The second kappa shape index (κ2) is 5.84. The number of rotatable bonds is 3. The molecule has 0 saturated carbocycles. The van der Waals surface area contributed by atoms with Gasteiger partial charge in [0, 0.05) is 29.8 Å². The van der Waals surface area contributed by atoms with E-state index in [-0.39, 0.29) is 12.0 Å². The fraction of sp³-hybridized carbons (Fsp3) is 0.333. The van der Waals surface area contributed by atoms with E-state index in [9.17, 15) is 4.79 Å². The molecular weight excluding hydrogens is 344 g/mol. The number of halogens is 1. The standard InChI is InChI=1S/C12H11BrN4O2S/c13-9-3-8(4-14-5-9)12(18)17-2-1-10(7-17)19-11-6-15-20-16-11/h3-6,10H,1-2,7H2. The van der Waals surface area contributed by atoms with Crippen molar-refractivity contribution in [2.24, 2.45) is 0 Å². The molecule has 1 aliphatic heterocycles. The topological polar surface area (TPSA) is 68.2 Å². The average Bonchev–Trinajstić information content (AvgIpc) is 3.10. The molecule has 2 aromatic heterocycles. The summed E-state index contributed by atoms with van der Waals surface area (Å²) in [6.07, 6.45) is 5.59. The minimum absolute atomic E-state index is 0.0250. The van der Waals surface area contributed by atoms with E-state index in [1.165, 1.54) is 0 Å². The lowest BCUT2D eigenvalue weighted by molar-refractivity contribution is 0.0771. The van der Waals surface area contributed by atoms with Crippen LogP contribution in [0.5, 0.6) is 5.88 Å². The average molecular weight is 355 g/mol. The minimum Gasteiger partial charge on any atom is -0.471 e.